The summed E-state index contributed by atoms with van der Waals surface area (Å²) in [6.07, 6.45) is 4.33. The predicted octanol–water partition coefficient (Wildman–Crippen LogP) is 3.18. The first-order valence-electron chi connectivity index (χ1n) is 7.97. The van der Waals surface area contributed by atoms with Crippen LogP contribution >= 0.6 is 0 Å². The lowest BCUT2D eigenvalue weighted by Gasteiger charge is -2.32. The van der Waals surface area contributed by atoms with Crippen LogP contribution in [0.3, 0.4) is 0 Å². The molecule has 1 fully saturated rings. The molecule has 21 heavy (non-hydrogen) atoms. The van der Waals surface area contributed by atoms with Crippen molar-refractivity contribution in [1.29, 1.82) is 0 Å². The molecule has 1 heterocycles. The minimum absolute atomic E-state index is 0.221. The largest absolute Gasteiger partial charge is 0.445 e. The molecule has 1 aromatic rings. The average molecular weight is 290 g/mol. The van der Waals surface area contributed by atoms with Gasteiger partial charge >= 0.3 is 6.09 Å². The minimum atomic E-state index is -0.304. The standard InChI is InChI=1S/C17H26N2O2/c1-2-3-11-19-12-7-10-16(13-19)18-17(20)21-14-15-8-5-4-6-9-15/h4-6,8-9,16H,2-3,7,10-14H2,1H3,(H,18,20). The van der Waals surface area contributed by atoms with Crippen LogP contribution in [0.2, 0.25) is 0 Å². The van der Waals surface area contributed by atoms with Gasteiger partial charge in [0.2, 0.25) is 0 Å². The van der Waals surface area contributed by atoms with E-state index in [4.69, 9.17) is 4.74 Å². The van der Waals surface area contributed by atoms with Crippen molar-refractivity contribution in [2.45, 2.75) is 45.3 Å². The number of ether oxygens (including phenoxy) is 1. The number of rotatable bonds is 6. The SMILES string of the molecule is CCCCN1CCCC(NC(=O)OCc2ccccc2)C1. The molecular weight excluding hydrogens is 264 g/mol. The molecule has 1 amide bonds. The Bertz CT molecular complexity index is 422. The van der Waals surface area contributed by atoms with Gasteiger partial charge in [-0.05, 0) is 37.9 Å². The summed E-state index contributed by atoms with van der Waals surface area (Å²) in [5.41, 5.74) is 1.01. The van der Waals surface area contributed by atoms with Crippen molar-refractivity contribution in [3.8, 4) is 0 Å². The number of unbranched alkanes of at least 4 members (excludes halogenated alkanes) is 1. The van der Waals surface area contributed by atoms with Crippen LogP contribution in [0.5, 0.6) is 0 Å². The van der Waals surface area contributed by atoms with Crippen molar-refractivity contribution in [3.05, 3.63) is 35.9 Å². The van der Waals surface area contributed by atoms with Gasteiger partial charge in [0.15, 0.2) is 0 Å². The van der Waals surface area contributed by atoms with Crippen molar-refractivity contribution in [2.24, 2.45) is 0 Å². The van der Waals surface area contributed by atoms with Crippen LogP contribution in [0.25, 0.3) is 0 Å². The zero-order chi connectivity index (χ0) is 14.9. The third kappa shape index (κ3) is 5.76. The number of carbonyl (C=O) groups is 1. The van der Waals surface area contributed by atoms with E-state index in [0.29, 0.717) is 6.61 Å². The molecule has 1 saturated heterocycles. The van der Waals surface area contributed by atoms with Gasteiger partial charge in [-0.1, -0.05) is 43.7 Å². The Morgan fingerprint density at radius 3 is 2.95 bits per heavy atom. The first kappa shape index (κ1) is 15.8. The van der Waals surface area contributed by atoms with Crippen LogP contribution in [0, 0.1) is 0 Å². The number of alkyl carbamates (subject to hydrolysis) is 1. The number of piperidine rings is 1. The van der Waals surface area contributed by atoms with E-state index in [9.17, 15) is 4.79 Å². The van der Waals surface area contributed by atoms with Gasteiger partial charge in [-0.15, -0.1) is 0 Å². The number of amides is 1. The Morgan fingerprint density at radius 2 is 2.19 bits per heavy atom. The van der Waals surface area contributed by atoms with Gasteiger partial charge in [0.25, 0.3) is 0 Å². The fourth-order valence-corrected chi connectivity index (χ4v) is 2.69. The van der Waals surface area contributed by atoms with Gasteiger partial charge in [0.05, 0.1) is 0 Å². The second-order valence-electron chi connectivity index (χ2n) is 5.70. The first-order valence-corrected chi connectivity index (χ1v) is 7.97. The molecule has 0 aliphatic carbocycles. The molecule has 1 N–H and O–H groups in total. The lowest BCUT2D eigenvalue weighted by atomic mass is 10.1. The monoisotopic (exact) mass is 290 g/mol. The summed E-state index contributed by atoms with van der Waals surface area (Å²) in [5, 5.41) is 2.99. The van der Waals surface area contributed by atoms with E-state index in [1.54, 1.807) is 0 Å². The molecule has 2 rings (SSSR count). The summed E-state index contributed by atoms with van der Waals surface area (Å²) in [6, 6.07) is 9.99. The molecule has 1 atom stereocenters. The molecule has 0 saturated carbocycles. The third-order valence-electron chi connectivity index (χ3n) is 3.87. The van der Waals surface area contributed by atoms with Crippen molar-refractivity contribution >= 4 is 6.09 Å². The third-order valence-corrected chi connectivity index (χ3v) is 3.87. The Balaban J connectivity index is 1.69. The van der Waals surface area contributed by atoms with Gasteiger partial charge in [0.1, 0.15) is 6.61 Å². The topological polar surface area (TPSA) is 41.6 Å². The number of nitrogens with zero attached hydrogens (tertiary/aromatic N) is 1. The van der Waals surface area contributed by atoms with E-state index in [2.05, 4.69) is 17.1 Å². The fraction of sp³-hybridized carbons (Fsp3) is 0.588. The van der Waals surface area contributed by atoms with E-state index in [-0.39, 0.29) is 12.1 Å². The molecule has 0 spiro atoms. The molecule has 116 valence electrons. The Hall–Kier alpha value is -1.55. The second-order valence-corrected chi connectivity index (χ2v) is 5.70. The Kier molecular flexibility index (Phi) is 6.54. The molecule has 1 unspecified atom stereocenters. The number of hydrogen-bond acceptors (Lipinski definition) is 3. The molecule has 0 radical (unpaired) electrons. The highest BCUT2D eigenvalue weighted by atomic mass is 16.5. The van der Waals surface area contributed by atoms with E-state index in [1.807, 2.05) is 30.3 Å². The number of likely N-dealkylation sites (tertiary alicyclic amines) is 1. The lowest BCUT2D eigenvalue weighted by molar-refractivity contribution is 0.124. The Labute approximate surface area is 127 Å². The van der Waals surface area contributed by atoms with Crippen LogP contribution in [0.1, 0.15) is 38.2 Å². The summed E-state index contributed by atoms with van der Waals surface area (Å²) >= 11 is 0. The highest BCUT2D eigenvalue weighted by molar-refractivity contribution is 5.67. The van der Waals surface area contributed by atoms with Crippen LogP contribution in [-0.4, -0.2) is 36.7 Å². The molecule has 4 heteroatoms. The molecule has 4 nitrogen and oxygen atoms in total. The Morgan fingerprint density at radius 1 is 1.38 bits per heavy atom. The van der Waals surface area contributed by atoms with Crippen molar-refractivity contribution in [3.63, 3.8) is 0 Å². The van der Waals surface area contributed by atoms with E-state index < -0.39 is 0 Å². The fourth-order valence-electron chi connectivity index (χ4n) is 2.69. The zero-order valence-corrected chi connectivity index (χ0v) is 12.9. The molecule has 0 bridgehead atoms. The summed E-state index contributed by atoms with van der Waals surface area (Å²) in [4.78, 5) is 14.3. The van der Waals surface area contributed by atoms with E-state index in [0.717, 1.165) is 38.0 Å². The molecular formula is C17H26N2O2. The van der Waals surface area contributed by atoms with Crippen molar-refractivity contribution in [2.75, 3.05) is 19.6 Å². The summed E-state index contributed by atoms with van der Waals surface area (Å²) in [5.74, 6) is 0. The van der Waals surface area contributed by atoms with Gasteiger partial charge in [-0.25, -0.2) is 4.79 Å². The number of nitrogens with one attached hydrogen (secondary N) is 1. The predicted molar refractivity (Wildman–Crippen MR) is 84.1 cm³/mol. The highest BCUT2D eigenvalue weighted by Gasteiger charge is 2.21. The van der Waals surface area contributed by atoms with E-state index >= 15 is 0 Å². The number of benzene rings is 1. The van der Waals surface area contributed by atoms with Gasteiger partial charge in [-0.2, -0.15) is 0 Å². The van der Waals surface area contributed by atoms with Gasteiger partial charge in [0, 0.05) is 12.6 Å². The van der Waals surface area contributed by atoms with Crippen LogP contribution in [0.4, 0.5) is 4.79 Å². The maximum atomic E-state index is 11.9. The summed E-state index contributed by atoms with van der Waals surface area (Å²) < 4.78 is 5.28. The number of hydrogen-bond donors (Lipinski definition) is 1. The van der Waals surface area contributed by atoms with Crippen molar-refractivity contribution in [1.82, 2.24) is 10.2 Å². The number of carbonyl (C=O) groups excluding carboxylic acids is 1. The molecule has 0 aromatic heterocycles. The highest BCUT2D eigenvalue weighted by Crippen LogP contribution is 2.11. The first-order chi connectivity index (χ1) is 10.3. The molecule has 1 aromatic carbocycles. The molecule has 1 aliphatic rings. The second kappa shape index (κ2) is 8.67. The van der Waals surface area contributed by atoms with Crippen LogP contribution in [-0.2, 0) is 11.3 Å². The lowest BCUT2D eigenvalue weighted by Crippen LogP contribution is -2.48. The van der Waals surface area contributed by atoms with Crippen LogP contribution < -0.4 is 5.32 Å². The normalized spacial score (nSPS) is 19.2. The zero-order valence-electron chi connectivity index (χ0n) is 12.9. The maximum Gasteiger partial charge on any atom is 0.407 e. The summed E-state index contributed by atoms with van der Waals surface area (Å²) in [7, 11) is 0. The quantitative estimate of drug-likeness (QED) is 0.875. The van der Waals surface area contributed by atoms with E-state index in [1.165, 1.54) is 12.8 Å². The summed E-state index contributed by atoms with van der Waals surface area (Å²) in [6.45, 7) is 5.77. The van der Waals surface area contributed by atoms with Crippen LogP contribution in [0.15, 0.2) is 30.3 Å². The van der Waals surface area contributed by atoms with Gasteiger partial charge in [-0.3, -0.25) is 0 Å². The average Bonchev–Trinajstić information content (AvgIpc) is 2.52. The molecule has 1 aliphatic heterocycles. The van der Waals surface area contributed by atoms with Gasteiger partial charge < -0.3 is 15.0 Å². The smallest absolute Gasteiger partial charge is 0.407 e. The minimum Gasteiger partial charge on any atom is -0.445 e. The maximum absolute atomic E-state index is 11.9. The van der Waals surface area contributed by atoms with Crippen molar-refractivity contribution < 1.29 is 9.53 Å².